The Morgan fingerprint density at radius 2 is 1.81 bits per heavy atom. The van der Waals surface area contributed by atoms with Crippen molar-refractivity contribution in [2.75, 3.05) is 39.9 Å². The van der Waals surface area contributed by atoms with Gasteiger partial charge in [0.05, 0.1) is 39.9 Å². The van der Waals surface area contributed by atoms with E-state index in [1.165, 1.54) is 10.5 Å². The molecule has 1 aliphatic rings. The number of hydrogen-bond acceptors (Lipinski definition) is 3. The van der Waals surface area contributed by atoms with E-state index < -0.39 is 0 Å². The highest BCUT2D eigenvalue weighted by molar-refractivity contribution is 5.94. The van der Waals surface area contributed by atoms with Crippen molar-refractivity contribution in [1.82, 2.24) is 4.90 Å². The van der Waals surface area contributed by atoms with Crippen LogP contribution in [0.25, 0.3) is 0 Å². The van der Waals surface area contributed by atoms with Crippen molar-refractivity contribution in [3.63, 3.8) is 0 Å². The second-order valence-corrected chi connectivity index (χ2v) is 6.53. The van der Waals surface area contributed by atoms with E-state index in [-0.39, 0.29) is 5.91 Å². The molecule has 0 saturated carbocycles. The Balaban J connectivity index is 1.52. The number of quaternary nitrogens is 1. The van der Waals surface area contributed by atoms with Gasteiger partial charge in [0.25, 0.3) is 5.91 Å². The van der Waals surface area contributed by atoms with Gasteiger partial charge in [-0.05, 0) is 49.4 Å². The Hall–Kier alpha value is -2.53. The number of methoxy groups -OCH3 is 1. The lowest BCUT2D eigenvalue weighted by atomic mass is 10.1. The molecule has 3 rings (SSSR count). The van der Waals surface area contributed by atoms with Crippen LogP contribution in [0.4, 0.5) is 0 Å². The van der Waals surface area contributed by atoms with Crippen molar-refractivity contribution in [1.29, 1.82) is 0 Å². The average Bonchev–Trinajstić information content (AvgIpc) is 2.70. The molecule has 1 fully saturated rings. The van der Waals surface area contributed by atoms with Gasteiger partial charge in [-0.1, -0.05) is 6.07 Å². The normalized spacial score (nSPS) is 14.9. The summed E-state index contributed by atoms with van der Waals surface area (Å²) in [6.07, 6.45) is 0. The standard InChI is InChI=1S/C21H26N2O3/c1-3-26-19-9-7-17(8-10-19)16-22-11-13-23(14-12-22)21(24)18-5-4-6-20(15-18)25-2/h4-10,15H,3,11-14,16H2,1-2H3/p+1. The Morgan fingerprint density at radius 3 is 2.46 bits per heavy atom. The van der Waals surface area contributed by atoms with E-state index in [1.807, 2.05) is 48.2 Å². The summed E-state index contributed by atoms with van der Waals surface area (Å²) < 4.78 is 10.7. The van der Waals surface area contributed by atoms with E-state index in [2.05, 4.69) is 12.1 Å². The minimum Gasteiger partial charge on any atom is -0.497 e. The van der Waals surface area contributed by atoms with E-state index >= 15 is 0 Å². The van der Waals surface area contributed by atoms with Gasteiger partial charge in [-0.2, -0.15) is 0 Å². The van der Waals surface area contributed by atoms with Crippen molar-refractivity contribution in [2.45, 2.75) is 13.5 Å². The lowest BCUT2D eigenvalue weighted by molar-refractivity contribution is -0.917. The van der Waals surface area contributed by atoms with Gasteiger partial charge in [0.15, 0.2) is 0 Å². The fourth-order valence-corrected chi connectivity index (χ4v) is 3.30. The fourth-order valence-electron chi connectivity index (χ4n) is 3.30. The molecule has 5 heteroatoms. The zero-order chi connectivity index (χ0) is 18.4. The molecule has 0 atom stereocenters. The highest BCUT2D eigenvalue weighted by Gasteiger charge is 2.24. The number of piperazine rings is 1. The number of carbonyl (C=O) groups is 1. The third-order valence-corrected chi connectivity index (χ3v) is 4.76. The van der Waals surface area contributed by atoms with E-state index in [0.717, 1.165) is 44.2 Å². The number of nitrogens with one attached hydrogen (secondary N) is 1. The highest BCUT2D eigenvalue weighted by atomic mass is 16.5. The van der Waals surface area contributed by atoms with Crippen LogP contribution in [-0.2, 0) is 6.54 Å². The summed E-state index contributed by atoms with van der Waals surface area (Å²) in [6, 6.07) is 15.7. The molecule has 1 saturated heterocycles. The largest absolute Gasteiger partial charge is 0.497 e. The number of hydrogen-bond donors (Lipinski definition) is 1. The molecule has 0 spiro atoms. The minimum atomic E-state index is 0.0871. The van der Waals surface area contributed by atoms with Crippen LogP contribution in [-0.4, -0.2) is 50.7 Å². The fraction of sp³-hybridized carbons (Fsp3) is 0.381. The van der Waals surface area contributed by atoms with Crippen molar-refractivity contribution in [3.8, 4) is 11.5 Å². The zero-order valence-electron chi connectivity index (χ0n) is 15.5. The summed E-state index contributed by atoms with van der Waals surface area (Å²) in [6.45, 7) is 7.14. The van der Waals surface area contributed by atoms with Gasteiger partial charge in [0.2, 0.25) is 0 Å². The Morgan fingerprint density at radius 1 is 1.08 bits per heavy atom. The van der Waals surface area contributed by atoms with Crippen LogP contribution in [0.15, 0.2) is 48.5 Å². The van der Waals surface area contributed by atoms with Gasteiger partial charge in [-0.3, -0.25) is 4.79 Å². The van der Waals surface area contributed by atoms with Gasteiger partial charge >= 0.3 is 0 Å². The van der Waals surface area contributed by atoms with Crippen LogP contribution < -0.4 is 14.4 Å². The molecule has 0 unspecified atom stereocenters. The lowest BCUT2D eigenvalue weighted by Gasteiger charge is -2.32. The van der Waals surface area contributed by atoms with E-state index in [1.54, 1.807) is 7.11 Å². The number of carbonyl (C=O) groups excluding carboxylic acids is 1. The third kappa shape index (κ3) is 4.55. The SMILES string of the molecule is CCOc1ccc(C[NH+]2CCN(C(=O)c3cccc(OC)c3)CC2)cc1. The summed E-state index contributed by atoms with van der Waals surface area (Å²) in [5, 5.41) is 0. The maximum atomic E-state index is 12.7. The third-order valence-electron chi connectivity index (χ3n) is 4.76. The van der Waals surface area contributed by atoms with Gasteiger partial charge < -0.3 is 19.3 Å². The number of nitrogens with zero attached hydrogens (tertiary/aromatic N) is 1. The zero-order valence-corrected chi connectivity index (χ0v) is 15.5. The molecule has 0 radical (unpaired) electrons. The van der Waals surface area contributed by atoms with Crippen molar-refractivity contribution in [3.05, 3.63) is 59.7 Å². The summed E-state index contributed by atoms with van der Waals surface area (Å²) in [5.74, 6) is 1.72. The van der Waals surface area contributed by atoms with Crippen molar-refractivity contribution < 1.29 is 19.2 Å². The number of benzene rings is 2. The summed E-state index contributed by atoms with van der Waals surface area (Å²) >= 11 is 0. The van der Waals surface area contributed by atoms with Crippen molar-refractivity contribution in [2.24, 2.45) is 0 Å². The topological polar surface area (TPSA) is 43.2 Å². The van der Waals surface area contributed by atoms with Crippen LogP contribution in [0.3, 0.4) is 0 Å². The van der Waals surface area contributed by atoms with Crippen molar-refractivity contribution >= 4 is 5.91 Å². The molecule has 0 aliphatic carbocycles. The molecule has 138 valence electrons. The molecule has 1 heterocycles. The second-order valence-electron chi connectivity index (χ2n) is 6.53. The molecule has 1 aliphatic heterocycles. The molecule has 0 bridgehead atoms. The predicted molar refractivity (Wildman–Crippen MR) is 101 cm³/mol. The van der Waals surface area contributed by atoms with Gasteiger partial charge in [0, 0.05) is 11.1 Å². The first-order valence-electron chi connectivity index (χ1n) is 9.18. The Bertz CT molecular complexity index is 722. The average molecular weight is 355 g/mol. The highest BCUT2D eigenvalue weighted by Crippen LogP contribution is 2.15. The lowest BCUT2D eigenvalue weighted by Crippen LogP contribution is -3.13. The predicted octanol–water partition coefficient (Wildman–Crippen LogP) is 1.63. The first kappa shape index (κ1) is 18.3. The van der Waals surface area contributed by atoms with E-state index in [9.17, 15) is 4.79 Å². The van der Waals surface area contributed by atoms with Crippen LogP contribution in [0.2, 0.25) is 0 Å². The second kappa shape index (κ2) is 8.72. The first-order valence-corrected chi connectivity index (χ1v) is 9.18. The molecule has 0 aromatic heterocycles. The summed E-state index contributed by atoms with van der Waals surface area (Å²) in [5.41, 5.74) is 2.00. The Kier molecular flexibility index (Phi) is 6.12. The molecular formula is C21H27N2O3+. The maximum Gasteiger partial charge on any atom is 0.254 e. The van der Waals surface area contributed by atoms with Crippen LogP contribution in [0.1, 0.15) is 22.8 Å². The molecule has 5 nitrogen and oxygen atoms in total. The molecule has 1 N–H and O–H groups in total. The number of ether oxygens (including phenoxy) is 2. The van der Waals surface area contributed by atoms with Crippen LogP contribution in [0.5, 0.6) is 11.5 Å². The quantitative estimate of drug-likeness (QED) is 0.857. The van der Waals surface area contributed by atoms with Gasteiger partial charge in [-0.25, -0.2) is 0 Å². The van der Waals surface area contributed by atoms with E-state index in [0.29, 0.717) is 12.2 Å². The Labute approximate surface area is 155 Å². The molecule has 26 heavy (non-hydrogen) atoms. The smallest absolute Gasteiger partial charge is 0.254 e. The van der Waals surface area contributed by atoms with Gasteiger partial charge in [0.1, 0.15) is 18.0 Å². The number of amides is 1. The monoisotopic (exact) mass is 355 g/mol. The first-order chi connectivity index (χ1) is 12.7. The number of rotatable bonds is 6. The maximum absolute atomic E-state index is 12.7. The van der Waals surface area contributed by atoms with E-state index in [4.69, 9.17) is 9.47 Å². The molecule has 1 amide bonds. The molecule has 2 aromatic carbocycles. The molecule has 2 aromatic rings. The summed E-state index contributed by atoms with van der Waals surface area (Å²) in [4.78, 5) is 16.1. The minimum absolute atomic E-state index is 0.0871. The summed E-state index contributed by atoms with van der Waals surface area (Å²) in [7, 11) is 1.62. The molecular weight excluding hydrogens is 328 g/mol. The van der Waals surface area contributed by atoms with Crippen LogP contribution in [0, 0.1) is 0 Å². The van der Waals surface area contributed by atoms with Gasteiger partial charge in [-0.15, -0.1) is 0 Å². The van der Waals surface area contributed by atoms with Crippen LogP contribution >= 0.6 is 0 Å².